The molecular formula is C23H19N3O3. The molecule has 0 fully saturated rings. The van der Waals surface area contributed by atoms with Gasteiger partial charge in [-0.1, -0.05) is 42.5 Å². The van der Waals surface area contributed by atoms with Crippen LogP contribution in [0.1, 0.15) is 21.9 Å². The number of ether oxygens (including phenoxy) is 1. The van der Waals surface area contributed by atoms with Gasteiger partial charge < -0.3 is 15.0 Å². The van der Waals surface area contributed by atoms with Gasteiger partial charge in [0.1, 0.15) is 17.3 Å². The van der Waals surface area contributed by atoms with Crippen LogP contribution in [0.15, 0.2) is 77.6 Å². The Morgan fingerprint density at radius 2 is 1.76 bits per heavy atom. The molecule has 3 aromatic carbocycles. The van der Waals surface area contributed by atoms with Crippen molar-refractivity contribution in [3.8, 4) is 5.75 Å². The minimum atomic E-state index is -0.428. The van der Waals surface area contributed by atoms with Crippen molar-refractivity contribution >= 4 is 22.4 Å². The average molecular weight is 385 g/mol. The number of hydrogen-bond acceptors (Lipinski definition) is 4. The van der Waals surface area contributed by atoms with E-state index in [0.717, 1.165) is 22.1 Å². The predicted molar refractivity (Wildman–Crippen MR) is 113 cm³/mol. The van der Waals surface area contributed by atoms with Gasteiger partial charge in [-0.05, 0) is 40.6 Å². The van der Waals surface area contributed by atoms with Crippen LogP contribution >= 0.6 is 0 Å². The highest BCUT2D eigenvalue weighted by atomic mass is 16.5. The van der Waals surface area contributed by atoms with Crippen LogP contribution in [-0.4, -0.2) is 23.0 Å². The molecule has 1 aromatic heterocycles. The molecule has 29 heavy (non-hydrogen) atoms. The van der Waals surface area contributed by atoms with E-state index in [-0.39, 0.29) is 11.3 Å². The zero-order valence-electron chi connectivity index (χ0n) is 15.8. The van der Waals surface area contributed by atoms with Crippen molar-refractivity contribution in [2.45, 2.75) is 6.42 Å². The van der Waals surface area contributed by atoms with Crippen LogP contribution in [0.4, 0.5) is 5.69 Å². The van der Waals surface area contributed by atoms with E-state index in [1.54, 1.807) is 7.11 Å². The van der Waals surface area contributed by atoms with Gasteiger partial charge in [0.2, 0.25) is 0 Å². The van der Waals surface area contributed by atoms with Gasteiger partial charge in [0.15, 0.2) is 0 Å². The first-order valence-corrected chi connectivity index (χ1v) is 9.14. The van der Waals surface area contributed by atoms with Crippen LogP contribution < -0.4 is 15.6 Å². The molecular weight excluding hydrogens is 366 g/mol. The second-order valence-corrected chi connectivity index (χ2v) is 6.62. The van der Waals surface area contributed by atoms with Gasteiger partial charge in [-0.25, -0.2) is 4.98 Å². The molecule has 144 valence electrons. The summed E-state index contributed by atoms with van der Waals surface area (Å²) >= 11 is 0. The molecule has 0 saturated heterocycles. The number of aromatic nitrogens is 2. The number of carbonyl (C=O) groups is 1. The molecule has 2 N–H and O–H groups in total. The number of nitrogens with one attached hydrogen (secondary N) is 2. The first kappa shape index (κ1) is 18.4. The molecule has 1 amide bonds. The van der Waals surface area contributed by atoms with Crippen LogP contribution in [0.5, 0.6) is 5.75 Å². The molecule has 0 aliphatic rings. The van der Waals surface area contributed by atoms with Crippen molar-refractivity contribution in [1.82, 2.24) is 9.97 Å². The number of H-pyrrole nitrogens is 1. The maximum atomic E-state index is 12.6. The summed E-state index contributed by atoms with van der Waals surface area (Å²) in [5, 5.41) is 4.92. The lowest BCUT2D eigenvalue weighted by atomic mass is 10.1. The Bertz CT molecular complexity index is 1230. The Kier molecular flexibility index (Phi) is 5.07. The van der Waals surface area contributed by atoms with Gasteiger partial charge in [-0.3, -0.25) is 9.59 Å². The van der Waals surface area contributed by atoms with Gasteiger partial charge in [-0.15, -0.1) is 0 Å². The number of benzene rings is 3. The fraction of sp³-hybridized carbons (Fsp3) is 0.0870. The van der Waals surface area contributed by atoms with Crippen LogP contribution in [-0.2, 0) is 6.42 Å². The third-order valence-corrected chi connectivity index (χ3v) is 4.56. The molecule has 4 rings (SSSR count). The molecule has 4 aromatic rings. The average Bonchev–Trinajstić information content (AvgIpc) is 2.74. The van der Waals surface area contributed by atoms with E-state index in [0.29, 0.717) is 17.9 Å². The standard InChI is InChI=1S/C23H19N3O3/c1-29-19-10-6-15(7-11-19)12-21-25-20(14-22(27)26-21)23(28)24-18-9-8-16-4-2-3-5-17(16)13-18/h2-11,13-14H,12H2,1H3,(H,24,28)(H,25,26,27). The Hall–Kier alpha value is -3.93. The Morgan fingerprint density at radius 3 is 2.52 bits per heavy atom. The molecule has 0 unspecified atom stereocenters. The van der Waals surface area contributed by atoms with E-state index < -0.39 is 5.91 Å². The van der Waals surface area contributed by atoms with E-state index in [2.05, 4.69) is 15.3 Å². The fourth-order valence-electron chi connectivity index (χ4n) is 3.11. The maximum Gasteiger partial charge on any atom is 0.274 e. The van der Waals surface area contributed by atoms with Gasteiger partial charge in [-0.2, -0.15) is 0 Å². The van der Waals surface area contributed by atoms with E-state index in [1.165, 1.54) is 6.07 Å². The summed E-state index contributed by atoms with van der Waals surface area (Å²) in [6.07, 6.45) is 0.399. The second kappa shape index (κ2) is 7.98. The minimum absolute atomic E-state index is 0.0745. The minimum Gasteiger partial charge on any atom is -0.497 e. The Labute approximate surface area is 167 Å². The van der Waals surface area contributed by atoms with E-state index >= 15 is 0 Å². The molecule has 0 aliphatic heterocycles. The van der Waals surface area contributed by atoms with Gasteiger partial charge >= 0.3 is 0 Å². The number of aromatic amines is 1. The van der Waals surface area contributed by atoms with Crippen molar-refractivity contribution < 1.29 is 9.53 Å². The monoisotopic (exact) mass is 385 g/mol. The van der Waals surface area contributed by atoms with Gasteiger partial charge in [0, 0.05) is 18.2 Å². The Balaban J connectivity index is 1.55. The summed E-state index contributed by atoms with van der Waals surface area (Å²) in [5.41, 5.74) is 1.30. The third-order valence-electron chi connectivity index (χ3n) is 4.56. The summed E-state index contributed by atoms with van der Waals surface area (Å²) in [5.74, 6) is 0.743. The molecule has 1 heterocycles. The molecule has 0 bridgehead atoms. The molecule has 0 spiro atoms. The van der Waals surface area contributed by atoms with E-state index in [9.17, 15) is 9.59 Å². The van der Waals surface area contributed by atoms with Crippen LogP contribution in [0.25, 0.3) is 10.8 Å². The highest BCUT2D eigenvalue weighted by molar-refractivity contribution is 6.03. The molecule has 0 saturated carbocycles. The first-order chi connectivity index (χ1) is 14.1. The predicted octanol–water partition coefficient (Wildman–Crippen LogP) is 3.77. The Morgan fingerprint density at radius 1 is 1.00 bits per heavy atom. The lowest BCUT2D eigenvalue weighted by Gasteiger charge is -2.08. The quantitative estimate of drug-likeness (QED) is 0.548. The smallest absolute Gasteiger partial charge is 0.274 e. The summed E-state index contributed by atoms with van der Waals surface area (Å²) in [6, 6.07) is 22.2. The second-order valence-electron chi connectivity index (χ2n) is 6.62. The first-order valence-electron chi connectivity index (χ1n) is 9.14. The summed E-state index contributed by atoms with van der Waals surface area (Å²) in [6.45, 7) is 0. The lowest BCUT2D eigenvalue weighted by molar-refractivity contribution is 0.102. The van der Waals surface area contributed by atoms with Gasteiger partial charge in [0.25, 0.3) is 11.5 Å². The topological polar surface area (TPSA) is 84.1 Å². The highest BCUT2D eigenvalue weighted by Gasteiger charge is 2.11. The number of anilines is 1. The number of fused-ring (bicyclic) bond motifs is 1. The van der Waals surface area contributed by atoms with Crippen LogP contribution in [0.2, 0.25) is 0 Å². The van der Waals surface area contributed by atoms with Crippen LogP contribution in [0, 0.1) is 0 Å². The number of rotatable bonds is 5. The molecule has 0 atom stereocenters. The third kappa shape index (κ3) is 4.32. The van der Waals surface area contributed by atoms with E-state index in [4.69, 9.17) is 4.74 Å². The lowest BCUT2D eigenvalue weighted by Crippen LogP contribution is -2.20. The maximum absolute atomic E-state index is 12.6. The largest absolute Gasteiger partial charge is 0.497 e. The highest BCUT2D eigenvalue weighted by Crippen LogP contribution is 2.19. The fourth-order valence-corrected chi connectivity index (χ4v) is 3.11. The number of nitrogens with zero attached hydrogens (tertiary/aromatic N) is 1. The zero-order valence-corrected chi connectivity index (χ0v) is 15.8. The number of amides is 1. The molecule has 6 nitrogen and oxygen atoms in total. The number of hydrogen-bond donors (Lipinski definition) is 2. The van der Waals surface area contributed by atoms with Crippen molar-refractivity contribution in [1.29, 1.82) is 0 Å². The van der Waals surface area contributed by atoms with Crippen molar-refractivity contribution in [2.75, 3.05) is 12.4 Å². The summed E-state index contributed by atoms with van der Waals surface area (Å²) in [7, 11) is 1.60. The number of methoxy groups -OCH3 is 1. The SMILES string of the molecule is COc1ccc(Cc2nc(C(=O)Nc3ccc4ccccc4c3)cc(=O)[nH]2)cc1. The van der Waals surface area contributed by atoms with E-state index in [1.807, 2.05) is 66.7 Å². The van der Waals surface area contributed by atoms with Crippen molar-refractivity contribution in [3.63, 3.8) is 0 Å². The normalized spacial score (nSPS) is 10.7. The summed E-state index contributed by atoms with van der Waals surface area (Å²) < 4.78 is 5.15. The molecule has 0 radical (unpaired) electrons. The zero-order chi connectivity index (χ0) is 20.2. The van der Waals surface area contributed by atoms with Crippen LogP contribution in [0.3, 0.4) is 0 Å². The number of carbonyl (C=O) groups excluding carboxylic acids is 1. The van der Waals surface area contributed by atoms with Crippen molar-refractivity contribution in [3.05, 3.63) is 100 Å². The molecule has 6 heteroatoms. The van der Waals surface area contributed by atoms with Crippen molar-refractivity contribution in [2.24, 2.45) is 0 Å². The van der Waals surface area contributed by atoms with Gasteiger partial charge in [0.05, 0.1) is 7.11 Å². The summed E-state index contributed by atoms with van der Waals surface area (Å²) in [4.78, 5) is 31.7. The molecule has 0 aliphatic carbocycles.